The molecule has 4 heavy (non-hydrogen) atoms. The molecule has 0 N–H and O–H groups in total. The molecule has 0 aliphatic rings. The summed E-state index contributed by atoms with van der Waals surface area (Å²) in [7, 11) is 0. The molecule has 0 aromatic heterocycles. The minimum absolute atomic E-state index is 4.01. The molecule has 0 aliphatic carbocycles. The molecule has 0 amide bonds. The fourth-order valence-electron chi connectivity index (χ4n) is 0. The molecule has 0 aliphatic heterocycles. The minimum atomic E-state index is -4.01. The Morgan fingerprint density at radius 1 is 1.00 bits per heavy atom. The number of halogens is 1. The second kappa shape index (κ2) is 1.89. The van der Waals surface area contributed by atoms with E-state index in [0.29, 0.717) is 0 Å². The largest absolute Gasteiger partial charge is 0.427 e. The van der Waals surface area contributed by atoms with Crippen LogP contribution in [0.5, 0.6) is 0 Å². The Bertz CT molecular complexity index is 8.00. The van der Waals surface area contributed by atoms with E-state index in [2.05, 4.69) is 0 Å². The van der Waals surface area contributed by atoms with Gasteiger partial charge >= 0.3 is 0 Å². The van der Waals surface area contributed by atoms with Crippen molar-refractivity contribution in [3.8, 4) is 0 Å². The molecule has 0 aromatic carbocycles. The summed E-state index contributed by atoms with van der Waals surface area (Å²) in [5.41, 5.74) is 0. The number of rotatable bonds is 0. The first-order valence-electron chi connectivity index (χ1n) is 0.463. The lowest BCUT2D eigenvalue weighted by molar-refractivity contribution is -1.73. The molecule has 0 heterocycles. The maximum Gasteiger partial charge on any atom is 0.282 e. The van der Waals surface area contributed by atoms with Crippen LogP contribution in [0, 0.1) is 0 Å². The molecule has 0 saturated carbocycles. The molecule has 4 heteroatoms. The Balaban J connectivity index is 2.32. The summed E-state index contributed by atoms with van der Waals surface area (Å²) in [5.74, 6) is 0. The maximum atomic E-state index is 8.57. The highest BCUT2D eigenvalue weighted by Gasteiger charge is 1.70. The summed E-state index contributed by atoms with van der Waals surface area (Å²) < 4.78 is 25.7. The molecule has 0 aromatic rings. The van der Waals surface area contributed by atoms with Gasteiger partial charge in [0.05, 0.1) is 0 Å². The van der Waals surface area contributed by atoms with Gasteiger partial charge in [-0.1, -0.05) is 0 Å². The second-order valence-electron chi connectivity index (χ2n) is 0.189. The fraction of sp³-hybridized carbons (Fsp3) is 0. The predicted molar refractivity (Wildman–Crippen MR) is 0 cm³/mol. The summed E-state index contributed by atoms with van der Waals surface area (Å²) in [5, 5.41) is 0. The van der Waals surface area contributed by atoms with Gasteiger partial charge in [0.2, 0.25) is 0 Å². The van der Waals surface area contributed by atoms with Crippen LogP contribution < -0.4 is 31.4 Å². The molecule has 3 nitrogen and oxygen atoms in total. The van der Waals surface area contributed by atoms with Crippen molar-refractivity contribution in [1.82, 2.24) is 0 Å². The highest BCUT2D eigenvalue weighted by atomic mass is 131. The number of hydrogen-bond acceptors (Lipinski definition) is 3. The summed E-state index contributed by atoms with van der Waals surface area (Å²) in [4.78, 5) is 0. The van der Waals surface area contributed by atoms with Gasteiger partial charge in [-0.2, -0.15) is 0 Å². The van der Waals surface area contributed by atoms with Crippen LogP contribution in [0.15, 0.2) is 0 Å². The van der Waals surface area contributed by atoms with Crippen molar-refractivity contribution in [3.63, 3.8) is 0 Å². The molecule has 0 radical (unpaired) electrons. The topological polar surface area (TPSA) is 69.2 Å². The van der Waals surface area contributed by atoms with Crippen LogP contribution in [0.25, 0.3) is 0 Å². The SMILES string of the molecule is [O-][131I+2]([O-])[O-]. The quantitative estimate of drug-likeness (QED) is 0.347. The van der Waals surface area contributed by atoms with Crippen molar-refractivity contribution in [2.75, 3.05) is 0 Å². The van der Waals surface area contributed by atoms with Crippen molar-refractivity contribution in [2.24, 2.45) is 0 Å². The van der Waals surface area contributed by atoms with Gasteiger partial charge in [0, 0.05) is 0 Å². The van der Waals surface area contributed by atoms with Gasteiger partial charge in [0.25, 0.3) is 21.1 Å². The smallest absolute Gasteiger partial charge is 0.282 e. The Labute approximate surface area is 31.9 Å². The van der Waals surface area contributed by atoms with Gasteiger partial charge in [-0.25, -0.2) is 0 Å². The highest BCUT2D eigenvalue weighted by molar-refractivity contribution is 1.73. The Hall–Kier alpha value is 0.610. The molecule has 0 spiro atoms. The summed E-state index contributed by atoms with van der Waals surface area (Å²) >= 11 is -4.01. The zero-order valence-corrected chi connectivity index (χ0v) is 3.76. The fourth-order valence-corrected chi connectivity index (χ4v) is 0. The van der Waals surface area contributed by atoms with Crippen LogP contribution in [-0.2, 0) is 0 Å². The standard InChI is InChI=1S/IO3/c2-1(3)4/q-1/i1+4. The van der Waals surface area contributed by atoms with E-state index in [9.17, 15) is 0 Å². The molecule has 0 saturated heterocycles. The normalized spacial score (nSPS) is 9.00. The third kappa shape index (κ3) is 18.2. The van der Waals surface area contributed by atoms with Crippen molar-refractivity contribution in [2.45, 2.75) is 0 Å². The van der Waals surface area contributed by atoms with E-state index in [-0.39, 0.29) is 0 Å². The Morgan fingerprint density at radius 2 is 1.00 bits per heavy atom. The van der Waals surface area contributed by atoms with Crippen molar-refractivity contribution < 1.29 is 31.4 Å². The van der Waals surface area contributed by atoms with Crippen molar-refractivity contribution in [1.29, 1.82) is 0 Å². The van der Waals surface area contributed by atoms with Crippen molar-refractivity contribution >= 4 is 0 Å². The number of hydrogen-bond donors (Lipinski definition) is 0. The van der Waals surface area contributed by atoms with Gasteiger partial charge < -0.3 is 10.3 Å². The first-order valence-corrected chi connectivity index (χ1v) is 3.11. The predicted octanol–water partition coefficient (Wildman–Crippen LogP) is -6.56. The average Bonchev–Trinajstić information content (AvgIpc) is 0.811. The van der Waals surface area contributed by atoms with E-state index in [4.69, 9.17) is 10.3 Å². The van der Waals surface area contributed by atoms with Crippen LogP contribution in [0.3, 0.4) is 0 Å². The second-order valence-corrected chi connectivity index (χ2v) is 1.27. The van der Waals surface area contributed by atoms with Crippen LogP contribution in [-0.4, -0.2) is 0 Å². The zero-order chi connectivity index (χ0) is 3.58. The summed E-state index contributed by atoms with van der Waals surface area (Å²) in [6.07, 6.45) is 0. The first kappa shape index (κ1) is 4.61. The lowest BCUT2D eigenvalue weighted by Gasteiger charge is -1.84. The summed E-state index contributed by atoms with van der Waals surface area (Å²) in [6, 6.07) is 0. The van der Waals surface area contributed by atoms with Gasteiger partial charge in [0.15, 0.2) is 0 Å². The molecule has 0 atom stereocenters. The Kier molecular flexibility index (Phi) is 2.17. The van der Waals surface area contributed by atoms with E-state index in [0.717, 1.165) is 0 Å². The monoisotopic (exact) mass is 179 g/mol. The third-order valence-electron chi connectivity index (χ3n) is 0. The molecule has 0 rings (SSSR count). The van der Waals surface area contributed by atoms with E-state index < -0.39 is 21.1 Å². The highest BCUT2D eigenvalue weighted by Crippen LogP contribution is -0.137. The maximum absolute atomic E-state index is 8.57. The minimum Gasteiger partial charge on any atom is -0.427 e. The average molecular weight is 179 g/mol. The van der Waals surface area contributed by atoms with Crippen LogP contribution in [0.2, 0.25) is 0 Å². The lowest BCUT2D eigenvalue weighted by Crippen LogP contribution is -4.05. The molecule has 0 fully saturated rings. The van der Waals surface area contributed by atoms with Gasteiger partial charge in [0.1, 0.15) is 0 Å². The Morgan fingerprint density at radius 3 is 1.00 bits per heavy atom. The molecule has 0 bridgehead atoms. The van der Waals surface area contributed by atoms with E-state index in [1.807, 2.05) is 0 Å². The molecule has 26 valence electrons. The third-order valence-corrected chi connectivity index (χ3v) is 0. The molecule has 0 unspecified atom stereocenters. The van der Waals surface area contributed by atoms with E-state index >= 15 is 0 Å². The van der Waals surface area contributed by atoms with Gasteiger partial charge in [-0.05, 0) is 0 Å². The van der Waals surface area contributed by atoms with Crippen LogP contribution >= 0.6 is 0 Å². The van der Waals surface area contributed by atoms with Crippen molar-refractivity contribution in [3.05, 3.63) is 0 Å². The van der Waals surface area contributed by atoms with E-state index in [1.165, 1.54) is 0 Å². The lowest BCUT2D eigenvalue weighted by atomic mass is 16.0. The zero-order valence-electron chi connectivity index (χ0n) is 1.60. The summed E-state index contributed by atoms with van der Waals surface area (Å²) in [6.45, 7) is 0. The van der Waals surface area contributed by atoms with Gasteiger partial charge in [-0.3, -0.25) is 0 Å². The molecular weight excluding hydrogens is 179 g/mol. The van der Waals surface area contributed by atoms with Gasteiger partial charge in [-0.15, -0.1) is 0 Å². The van der Waals surface area contributed by atoms with E-state index in [1.54, 1.807) is 0 Å². The van der Waals surface area contributed by atoms with Crippen LogP contribution in [0.4, 0.5) is 0 Å². The first-order chi connectivity index (χ1) is 1.73. The van der Waals surface area contributed by atoms with Crippen LogP contribution in [0.1, 0.15) is 0 Å². The molecular formula is IO3-.